The molecule has 0 spiro atoms. The zero-order chi connectivity index (χ0) is 22.7. The number of nitrogens with zero attached hydrogens (tertiary/aromatic N) is 3. The summed E-state index contributed by atoms with van der Waals surface area (Å²) >= 11 is 6.24. The number of ether oxygens (including phenoxy) is 2. The van der Waals surface area contributed by atoms with Crippen molar-refractivity contribution in [2.75, 3.05) is 39.2 Å². The van der Waals surface area contributed by atoms with Crippen LogP contribution in [0.1, 0.15) is 5.56 Å². The second kappa shape index (κ2) is 9.27. The van der Waals surface area contributed by atoms with Crippen molar-refractivity contribution < 1.29 is 19.1 Å². The number of halogens is 1. The minimum Gasteiger partial charge on any atom is -0.493 e. The Bertz CT molecular complexity index is 1190. The normalized spacial score (nSPS) is 15.0. The van der Waals surface area contributed by atoms with Crippen LogP contribution in [0.3, 0.4) is 0 Å². The average Bonchev–Trinajstić information content (AvgIpc) is 2.77. The van der Waals surface area contributed by atoms with E-state index in [1.807, 2.05) is 12.1 Å². The Morgan fingerprint density at radius 2 is 2.03 bits per heavy atom. The smallest absolute Gasteiger partial charge is 0.260 e. The van der Waals surface area contributed by atoms with E-state index in [9.17, 15) is 9.59 Å². The standard InChI is InChI=1S/C22H22ClN5O4/c1-28-10-20(29)24-6-5-13-3-4-14(23)7-16(13)27-22-15-8-19(32-11-21(28)30)18(31-2)9-17(15)25-12-26-22/h3-4,7-9,12H,5-6,10-11H2,1-2H3,(H,24,29)(H,25,26,27). The van der Waals surface area contributed by atoms with Crippen molar-refractivity contribution in [1.29, 1.82) is 0 Å². The lowest BCUT2D eigenvalue weighted by Crippen LogP contribution is -2.40. The number of carbonyl (C=O) groups is 2. The molecule has 0 radical (unpaired) electrons. The first-order valence-electron chi connectivity index (χ1n) is 9.96. The molecule has 10 heteroatoms. The van der Waals surface area contributed by atoms with E-state index in [2.05, 4.69) is 20.6 Å². The van der Waals surface area contributed by atoms with E-state index in [-0.39, 0.29) is 25.0 Å². The lowest BCUT2D eigenvalue weighted by molar-refractivity contribution is -0.136. The van der Waals surface area contributed by atoms with Gasteiger partial charge in [0, 0.05) is 35.8 Å². The molecule has 32 heavy (non-hydrogen) atoms. The summed E-state index contributed by atoms with van der Waals surface area (Å²) in [6.45, 7) is 0.0842. The van der Waals surface area contributed by atoms with Gasteiger partial charge in [0.05, 0.1) is 19.2 Å². The second-order valence-corrected chi connectivity index (χ2v) is 7.74. The molecule has 0 saturated carbocycles. The number of likely N-dealkylation sites (N-methyl/N-ethyl adjacent to an activating group) is 1. The molecule has 0 unspecified atom stereocenters. The van der Waals surface area contributed by atoms with E-state index in [1.54, 1.807) is 25.2 Å². The summed E-state index contributed by atoms with van der Waals surface area (Å²) in [5.41, 5.74) is 2.36. The maximum atomic E-state index is 12.4. The Kier molecular flexibility index (Phi) is 6.27. The molecule has 3 aromatic rings. The minimum atomic E-state index is -0.336. The van der Waals surface area contributed by atoms with Gasteiger partial charge < -0.3 is 25.0 Å². The van der Waals surface area contributed by atoms with E-state index >= 15 is 0 Å². The quantitative estimate of drug-likeness (QED) is 0.580. The summed E-state index contributed by atoms with van der Waals surface area (Å²) in [4.78, 5) is 34.7. The fourth-order valence-corrected chi connectivity index (χ4v) is 3.56. The number of hydrogen-bond donors (Lipinski definition) is 2. The van der Waals surface area contributed by atoms with Crippen LogP contribution in [0.4, 0.5) is 11.5 Å². The number of fused-ring (bicyclic) bond motifs is 2. The van der Waals surface area contributed by atoms with Gasteiger partial charge in [-0.05, 0) is 30.2 Å². The van der Waals surface area contributed by atoms with Crippen molar-refractivity contribution in [3.63, 3.8) is 0 Å². The topological polar surface area (TPSA) is 106 Å². The SMILES string of the molecule is COc1cc2ncnc3c2cc1OCC(=O)N(C)CC(=O)NCCc1ccc(Cl)cc1N3. The van der Waals surface area contributed by atoms with Crippen molar-refractivity contribution in [1.82, 2.24) is 20.2 Å². The highest BCUT2D eigenvalue weighted by molar-refractivity contribution is 6.30. The number of carbonyl (C=O) groups excluding carboxylic acids is 2. The lowest BCUT2D eigenvalue weighted by Gasteiger charge is -2.19. The molecule has 2 bridgehead atoms. The van der Waals surface area contributed by atoms with E-state index in [0.29, 0.717) is 46.2 Å². The van der Waals surface area contributed by atoms with E-state index in [1.165, 1.54) is 18.3 Å². The highest BCUT2D eigenvalue weighted by Gasteiger charge is 2.18. The van der Waals surface area contributed by atoms with Crippen molar-refractivity contribution in [2.24, 2.45) is 0 Å². The molecule has 2 N–H and O–H groups in total. The van der Waals surface area contributed by atoms with Gasteiger partial charge in [-0.2, -0.15) is 0 Å². The molecule has 166 valence electrons. The number of amides is 2. The summed E-state index contributed by atoms with van der Waals surface area (Å²) in [6.07, 6.45) is 2.01. The number of aromatic nitrogens is 2. The van der Waals surface area contributed by atoms with Gasteiger partial charge in [0.25, 0.3) is 5.91 Å². The minimum absolute atomic E-state index is 0.0687. The lowest BCUT2D eigenvalue weighted by atomic mass is 10.1. The second-order valence-electron chi connectivity index (χ2n) is 7.31. The summed E-state index contributed by atoms with van der Waals surface area (Å²) in [6, 6.07) is 8.96. The molecule has 9 nitrogen and oxygen atoms in total. The van der Waals surface area contributed by atoms with Gasteiger partial charge in [-0.15, -0.1) is 0 Å². The molecule has 0 atom stereocenters. The molecule has 2 amide bonds. The Morgan fingerprint density at radius 3 is 2.84 bits per heavy atom. The highest BCUT2D eigenvalue weighted by atomic mass is 35.5. The predicted octanol–water partition coefficient (Wildman–Crippen LogP) is 2.54. The summed E-state index contributed by atoms with van der Waals surface area (Å²) in [5.74, 6) is 0.749. The molecule has 1 aromatic heterocycles. The molecule has 4 rings (SSSR count). The van der Waals surface area contributed by atoms with Crippen LogP contribution >= 0.6 is 11.6 Å². The molecule has 2 aromatic carbocycles. The average molecular weight is 456 g/mol. The number of anilines is 2. The summed E-state index contributed by atoms with van der Waals surface area (Å²) in [7, 11) is 3.07. The molecule has 1 aliphatic rings. The molecule has 1 aliphatic heterocycles. The van der Waals surface area contributed by atoms with Crippen molar-refractivity contribution >= 4 is 45.8 Å². The Labute approximate surface area is 189 Å². The molecule has 0 aliphatic carbocycles. The molecule has 0 saturated heterocycles. The Balaban J connectivity index is 1.81. The first-order chi connectivity index (χ1) is 15.4. The third kappa shape index (κ3) is 4.67. The van der Waals surface area contributed by atoms with Gasteiger partial charge in [-0.25, -0.2) is 9.97 Å². The fraction of sp³-hybridized carbons (Fsp3) is 0.273. The van der Waals surface area contributed by atoms with Crippen LogP contribution < -0.4 is 20.1 Å². The first-order valence-corrected chi connectivity index (χ1v) is 10.3. The Morgan fingerprint density at radius 1 is 1.19 bits per heavy atom. The number of nitrogens with one attached hydrogen (secondary N) is 2. The summed E-state index contributed by atoms with van der Waals surface area (Å²) < 4.78 is 11.2. The van der Waals surface area contributed by atoms with Crippen molar-refractivity contribution in [3.8, 4) is 11.5 Å². The van der Waals surface area contributed by atoms with Crippen LogP contribution in [0.5, 0.6) is 11.5 Å². The van der Waals surface area contributed by atoms with Crippen LogP contribution in [-0.4, -0.2) is 60.5 Å². The molecular weight excluding hydrogens is 434 g/mol. The maximum absolute atomic E-state index is 12.4. The third-order valence-corrected chi connectivity index (χ3v) is 5.36. The molecule has 2 heterocycles. The van der Waals surface area contributed by atoms with Crippen molar-refractivity contribution in [2.45, 2.75) is 6.42 Å². The van der Waals surface area contributed by atoms with Gasteiger partial charge in [-0.1, -0.05) is 17.7 Å². The van der Waals surface area contributed by atoms with Gasteiger partial charge in [-0.3, -0.25) is 9.59 Å². The van der Waals surface area contributed by atoms with E-state index < -0.39 is 0 Å². The third-order valence-electron chi connectivity index (χ3n) is 5.12. The zero-order valence-electron chi connectivity index (χ0n) is 17.6. The number of rotatable bonds is 1. The largest absolute Gasteiger partial charge is 0.493 e. The molecular formula is C22H22ClN5O4. The van der Waals surface area contributed by atoms with E-state index in [4.69, 9.17) is 21.1 Å². The van der Waals surface area contributed by atoms with Gasteiger partial charge in [0.2, 0.25) is 5.91 Å². The van der Waals surface area contributed by atoms with Crippen LogP contribution in [0.2, 0.25) is 5.02 Å². The van der Waals surface area contributed by atoms with Crippen molar-refractivity contribution in [3.05, 3.63) is 47.2 Å². The first kappa shape index (κ1) is 21.6. The Hall–Kier alpha value is -3.59. The van der Waals surface area contributed by atoms with Crippen LogP contribution in [0.15, 0.2) is 36.7 Å². The van der Waals surface area contributed by atoms with E-state index in [0.717, 1.165) is 11.3 Å². The summed E-state index contributed by atoms with van der Waals surface area (Å²) in [5, 5.41) is 7.42. The maximum Gasteiger partial charge on any atom is 0.260 e. The number of hydrogen-bond acceptors (Lipinski definition) is 7. The number of benzene rings is 2. The molecule has 0 fully saturated rings. The van der Waals surface area contributed by atoms with Crippen LogP contribution in [-0.2, 0) is 16.0 Å². The number of methoxy groups -OCH3 is 1. The fourth-order valence-electron chi connectivity index (χ4n) is 3.39. The van der Waals surface area contributed by atoms with Gasteiger partial charge >= 0.3 is 0 Å². The van der Waals surface area contributed by atoms with Gasteiger partial charge in [0.1, 0.15) is 12.1 Å². The highest BCUT2D eigenvalue weighted by Crippen LogP contribution is 2.35. The van der Waals surface area contributed by atoms with Crippen LogP contribution in [0.25, 0.3) is 10.9 Å². The predicted molar refractivity (Wildman–Crippen MR) is 121 cm³/mol. The van der Waals surface area contributed by atoms with Gasteiger partial charge in [0.15, 0.2) is 18.1 Å². The monoisotopic (exact) mass is 455 g/mol. The van der Waals surface area contributed by atoms with Crippen LogP contribution in [0, 0.1) is 0 Å². The zero-order valence-corrected chi connectivity index (χ0v) is 18.4.